The highest BCUT2D eigenvalue weighted by Crippen LogP contribution is 2.36. The molecule has 1 aromatic carbocycles. The highest BCUT2D eigenvalue weighted by atomic mass is 35.5. The van der Waals surface area contributed by atoms with Crippen molar-refractivity contribution in [3.05, 3.63) is 45.1 Å². The summed E-state index contributed by atoms with van der Waals surface area (Å²) in [6.45, 7) is 8.25. The Labute approximate surface area is 138 Å². The molecule has 0 aliphatic carbocycles. The van der Waals surface area contributed by atoms with Gasteiger partial charge in [0.15, 0.2) is 5.15 Å². The van der Waals surface area contributed by atoms with E-state index in [9.17, 15) is 4.79 Å². The van der Waals surface area contributed by atoms with Crippen molar-refractivity contribution in [3.63, 3.8) is 0 Å². The van der Waals surface area contributed by atoms with Gasteiger partial charge in [-0.3, -0.25) is 0 Å². The van der Waals surface area contributed by atoms with E-state index < -0.39 is 5.97 Å². The third-order valence-electron chi connectivity index (χ3n) is 3.07. The minimum Gasteiger partial charge on any atom is -0.409 e. The molecule has 112 valence electrons. The van der Waals surface area contributed by atoms with E-state index in [1.165, 1.54) is 0 Å². The Bertz CT molecular complexity index is 689. The Morgan fingerprint density at radius 2 is 1.95 bits per heavy atom. The van der Waals surface area contributed by atoms with E-state index in [-0.39, 0.29) is 20.7 Å². The first kappa shape index (κ1) is 16.3. The van der Waals surface area contributed by atoms with Gasteiger partial charge < -0.3 is 4.74 Å². The van der Waals surface area contributed by atoms with Gasteiger partial charge in [0.2, 0.25) is 5.06 Å². The second kappa shape index (κ2) is 5.95. The molecule has 1 aromatic heterocycles. The van der Waals surface area contributed by atoms with Crippen LogP contribution in [0.25, 0.3) is 0 Å². The molecule has 2 aromatic rings. The quantitative estimate of drug-likeness (QED) is 0.696. The highest BCUT2D eigenvalue weighted by Gasteiger charge is 2.20. The van der Waals surface area contributed by atoms with E-state index in [1.807, 2.05) is 19.1 Å². The molecular weight excluding hydrogens is 329 g/mol. The summed E-state index contributed by atoms with van der Waals surface area (Å²) in [6, 6.07) is 5.71. The fourth-order valence-electron chi connectivity index (χ4n) is 1.81. The number of hydrogen-bond donors (Lipinski definition) is 0. The zero-order valence-electron chi connectivity index (χ0n) is 12.2. The maximum Gasteiger partial charge on any atom is 0.344 e. The summed E-state index contributed by atoms with van der Waals surface area (Å²) in [5, 5.41) is 0.522. The molecule has 0 N–H and O–H groups in total. The van der Waals surface area contributed by atoms with Crippen LogP contribution in [0.3, 0.4) is 0 Å². The largest absolute Gasteiger partial charge is 0.409 e. The second-order valence-corrected chi connectivity index (χ2v) is 7.22. The van der Waals surface area contributed by atoms with Crippen molar-refractivity contribution in [2.24, 2.45) is 0 Å². The van der Waals surface area contributed by atoms with E-state index in [1.54, 1.807) is 6.07 Å². The zero-order valence-corrected chi connectivity index (χ0v) is 14.5. The molecule has 0 saturated heterocycles. The monoisotopic (exact) mass is 343 g/mol. The van der Waals surface area contributed by atoms with Crippen LogP contribution in [0.15, 0.2) is 18.2 Å². The summed E-state index contributed by atoms with van der Waals surface area (Å²) in [5.74, 6) is -0.463. The Balaban J connectivity index is 2.26. The maximum atomic E-state index is 12.2. The minimum absolute atomic E-state index is 0.0295. The van der Waals surface area contributed by atoms with Gasteiger partial charge in [0.25, 0.3) is 0 Å². The molecule has 1 heterocycles. The smallest absolute Gasteiger partial charge is 0.344 e. The number of carbonyl (C=O) groups excluding carboxylic acids is 1. The number of aryl methyl sites for hydroxylation is 1. The molecule has 21 heavy (non-hydrogen) atoms. The van der Waals surface area contributed by atoms with Crippen molar-refractivity contribution in [3.8, 4) is 5.06 Å². The summed E-state index contributed by atoms with van der Waals surface area (Å²) in [5.41, 5.74) is 2.56. The molecule has 0 unspecified atom stereocenters. The first-order chi connectivity index (χ1) is 9.70. The van der Waals surface area contributed by atoms with Crippen LogP contribution in [0.4, 0.5) is 0 Å². The predicted molar refractivity (Wildman–Crippen MR) is 87.0 cm³/mol. The van der Waals surface area contributed by atoms with Crippen LogP contribution in [-0.2, 0) is 5.41 Å². The molecule has 0 radical (unpaired) electrons. The van der Waals surface area contributed by atoms with Gasteiger partial charge in [-0.05, 0) is 29.5 Å². The number of hydrogen-bond acceptors (Lipinski definition) is 4. The Morgan fingerprint density at radius 3 is 2.43 bits per heavy atom. The van der Waals surface area contributed by atoms with Crippen molar-refractivity contribution >= 4 is 40.7 Å². The van der Waals surface area contributed by atoms with Crippen molar-refractivity contribution in [1.29, 1.82) is 0 Å². The summed E-state index contributed by atoms with van der Waals surface area (Å²) in [4.78, 5) is 12.2. The van der Waals surface area contributed by atoms with Crippen LogP contribution in [-0.4, -0.2) is 10.3 Å². The molecular formula is C15H15Cl2NO2S. The molecule has 0 aliphatic rings. The van der Waals surface area contributed by atoms with Gasteiger partial charge in [0.1, 0.15) is 5.02 Å². The molecule has 0 aliphatic heterocycles. The van der Waals surface area contributed by atoms with Crippen LogP contribution in [0.1, 0.15) is 42.3 Å². The number of ether oxygens (including phenoxy) is 1. The minimum atomic E-state index is -0.463. The molecule has 3 nitrogen and oxygen atoms in total. The Morgan fingerprint density at radius 1 is 1.29 bits per heavy atom. The average molecular weight is 344 g/mol. The molecule has 0 amide bonds. The van der Waals surface area contributed by atoms with E-state index >= 15 is 0 Å². The summed E-state index contributed by atoms with van der Waals surface area (Å²) in [7, 11) is 0. The van der Waals surface area contributed by atoms with Gasteiger partial charge >= 0.3 is 5.97 Å². The Kier molecular flexibility index (Phi) is 4.61. The molecule has 0 saturated carbocycles. The number of benzene rings is 1. The number of halogens is 2. The maximum absolute atomic E-state index is 12.2. The van der Waals surface area contributed by atoms with E-state index in [4.69, 9.17) is 27.9 Å². The second-order valence-electron chi connectivity index (χ2n) is 5.74. The number of aromatic nitrogens is 1. The average Bonchev–Trinajstić information content (AvgIpc) is 2.69. The fraction of sp³-hybridized carbons (Fsp3) is 0.333. The van der Waals surface area contributed by atoms with Gasteiger partial charge in [-0.2, -0.15) is 4.37 Å². The van der Waals surface area contributed by atoms with Crippen LogP contribution in [0.2, 0.25) is 10.2 Å². The molecule has 6 heteroatoms. The van der Waals surface area contributed by atoms with Gasteiger partial charge in [-0.1, -0.05) is 56.1 Å². The SMILES string of the molecule is Cc1cc(C(C)(C)C)ccc1C(=O)Oc1snc(Cl)c1Cl. The molecule has 2 rings (SSSR count). The molecule has 0 spiro atoms. The Hall–Kier alpha value is -1.10. The van der Waals surface area contributed by atoms with E-state index in [0.29, 0.717) is 5.56 Å². The normalized spacial score (nSPS) is 11.5. The van der Waals surface area contributed by atoms with Crippen molar-refractivity contribution in [2.75, 3.05) is 0 Å². The van der Waals surface area contributed by atoms with Gasteiger partial charge in [0, 0.05) is 11.5 Å². The highest BCUT2D eigenvalue weighted by molar-refractivity contribution is 7.09. The van der Waals surface area contributed by atoms with Gasteiger partial charge in [-0.25, -0.2) is 4.79 Å². The van der Waals surface area contributed by atoms with Crippen molar-refractivity contribution in [1.82, 2.24) is 4.37 Å². The summed E-state index contributed by atoms with van der Waals surface area (Å²) >= 11 is 12.6. The molecule has 0 atom stereocenters. The lowest BCUT2D eigenvalue weighted by Gasteiger charge is -2.20. The summed E-state index contributed by atoms with van der Waals surface area (Å²) in [6.07, 6.45) is 0. The lowest BCUT2D eigenvalue weighted by atomic mass is 9.85. The third kappa shape index (κ3) is 3.57. The first-order valence-electron chi connectivity index (χ1n) is 6.34. The van der Waals surface area contributed by atoms with Crippen LogP contribution in [0, 0.1) is 6.92 Å². The number of nitrogens with zero attached hydrogens (tertiary/aromatic N) is 1. The first-order valence-corrected chi connectivity index (χ1v) is 7.87. The zero-order chi connectivity index (χ0) is 15.8. The lowest BCUT2D eigenvalue weighted by Crippen LogP contribution is -2.14. The van der Waals surface area contributed by atoms with Gasteiger partial charge in [-0.15, -0.1) is 0 Å². The number of carbonyl (C=O) groups is 1. The number of esters is 1. The number of rotatable bonds is 2. The topological polar surface area (TPSA) is 39.2 Å². The van der Waals surface area contributed by atoms with Crippen LogP contribution < -0.4 is 4.74 Å². The molecule has 0 bridgehead atoms. The lowest BCUT2D eigenvalue weighted by molar-refractivity contribution is 0.0740. The predicted octanol–water partition coefficient (Wildman–Crippen LogP) is 5.28. The van der Waals surface area contributed by atoms with Crippen molar-refractivity contribution < 1.29 is 9.53 Å². The standard InChI is InChI=1S/C15H15Cl2NO2S/c1-8-7-9(15(2,3)4)5-6-10(8)13(19)20-14-11(16)12(17)18-21-14/h5-7H,1-4H3. The third-order valence-corrected chi connectivity index (χ3v) is 4.73. The van der Waals surface area contributed by atoms with E-state index in [0.717, 1.165) is 22.7 Å². The molecule has 0 fully saturated rings. The fourth-order valence-corrected chi connectivity index (χ4v) is 2.83. The van der Waals surface area contributed by atoms with E-state index in [2.05, 4.69) is 25.1 Å². The van der Waals surface area contributed by atoms with Crippen LogP contribution >= 0.6 is 34.7 Å². The van der Waals surface area contributed by atoms with Crippen LogP contribution in [0.5, 0.6) is 5.06 Å². The van der Waals surface area contributed by atoms with Crippen molar-refractivity contribution in [2.45, 2.75) is 33.1 Å². The van der Waals surface area contributed by atoms with Gasteiger partial charge in [0.05, 0.1) is 5.56 Å². The summed E-state index contributed by atoms with van der Waals surface area (Å²) < 4.78 is 9.09.